The van der Waals surface area contributed by atoms with Crippen LogP contribution in [0.15, 0.2) is 18.2 Å². The number of fused-ring (bicyclic) bond motifs is 1. The first kappa shape index (κ1) is 17.2. The monoisotopic (exact) mass is 350 g/mol. The smallest absolute Gasteiger partial charge is 0.338 e. The molecule has 0 unspecified atom stereocenters. The van der Waals surface area contributed by atoms with Crippen molar-refractivity contribution in [3.05, 3.63) is 29.6 Å². The van der Waals surface area contributed by atoms with Crippen molar-refractivity contribution in [1.29, 1.82) is 0 Å². The molecule has 1 saturated heterocycles. The van der Waals surface area contributed by atoms with Gasteiger partial charge in [-0.1, -0.05) is 6.92 Å². The summed E-state index contributed by atoms with van der Waals surface area (Å²) in [6.07, 6.45) is 1.99. The van der Waals surface area contributed by atoms with E-state index >= 15 is 0 Å². The molecule has 2 aromatic rings. The summed E-state index contributed by atoms with van der Waals surface area (Å²) >= 11 is 6.04. The first-order valence-electron chi connectivity index (χ1n) is 8.33. The van der Waals surface area contributed by atoms with E-state index in [4.69, 9.17) is 21.1 Å². The molecule has 0 bridgehead atoms. The molecule has 0 N–H and O–H groups in total. The highest BCUT2D eigenvalue weighted by atomic mass is 35.5. The summed E-state index contributed by atoms with van der Waals surface area (Å²) in [4.78, 5) is 17.0. The molecule has 24 heavy (non-hydrogen) atoms. The number of rotatable bonds is 6. The summed E-state index contributed by atoms with van der Waals surface area (Å²) in [5.41, 5.74) is 1.77. The molecule has 1 aromatic carbocycles. The maximum Gasteiger partial charge on any atom is 0.338 e. The van der Waals surface area contributed by atoms with E-state index in [1.54, 1.807) is 6.07 Å². The van der Waals surface area contributed by atoms with Crippen LogP contribution in [0.1, 0.15) is 49.8 Å². The van der Waals surface area contributed by atoms with E-state index in [9.17, 15) is 4.79 Å². The van der Waals surface area contributed by atoms with Crippen molar-refractivity contribution in [3.63, 3.8) is 0 Å². The van der Waals surface area contributed by atoms with Gasteiger partial charge in [-0.3, -0.25) is 0 Å². The molecule has 130 valence electrons. The van der Waals surface area contributed by atoms with E-state index in [1.807, 2.05) is 37.5 Å². The van der Waals surface area contributed by atoms with Gasteiger partial charge >= 0.3 is 5.97 Å². The number of imidazole rings is 1. The minimum absolute atomic E-state index is 0.194. The molecule has 5 nitrogen and oxygen atoms in total. The molecule has 0 aliphatic carbocycles. The van der Waals surface area contributed by atoms with Crippen LogP contribution in [0.5, 0.6) is 0 Å². The normalized spacial score (nSPS) is 17.8. The predicted octanol–water partition coefficient (Wildman–Crippen LogP) is 3.91. The lowest BCUT2D eigenvalue weighted by molar-refractivity contribution is -0.0589. The molecular weight excluding hydrogens is 328 g/mol. The molecule has 0 saturated carbocycles. The molecule has 1 aromatic heterocycles. The molecule has 0 spiro atoms. The van der Waals surface area contributed by atoms with Crippen molar-refractivity contribution in [3.8, 4) is 0 Å². The van der Waals surface area contributed by atoms with Crippen LogP contribution in [0.4, 0.5) is 0 Å². The van der Waals surface area contributed by atoms with Crippen molar-refractivity contribution in [1.82, 2.24) is 9.55 Å². The van der Waals surface area contributed by atoms with Gasteiger partial charge in [0.1, 0.15) is 11.4 Å². The zero-order valence-electron chi connectivity index (χ0n) is 14.3. The second-order valence-electron chi connectivity index (χ2n) is 6.76. The third-order valence-corrected chi connectivity index (χ3v) is 4.82. The standard InChI is InChI=1S/C18H23ClN2O3/c1-4-18(2,3)24-17(22)12-5-6-14-15(9-12)21(16(10-19)20-14)11-13-7-8-23-13/h5-6,9,13H,4,7-8,10-11H2,1-3H3/t13-/m0/s1. The van der Waals surface area contributed by atoms with Crippen LogP contribution in [-0.4, -0.2) is 33.8 Å². The second-order valence-corrected chi connectivity index (χ2v) is 7.03. The van der Waals surface area contributed by atoms with Gasteiger partial charge < -0.3 is 14.0 Å². The van der Waals surface area contributed by atoms with E-state index in [2.05, 4.69) is 4.98 Å². The van der Waals surface area contributed by atoms with Crippen LogP contribution in [0, 0.1) is 0 Å². The number of carbonyl (C=O) groups excluding carboxylic acids is 1. The maximum absolute atomic E-state index is 12.4. The number of carbonyl (C=O) groups is 1. The minimum atomic E-state index is -0.479. The van der Waals surface area contributed by atoms with Crippen LogP contribution < -0.4 is 0 Å². The van der Waals surface area contributed by atoms with Crippen LogP contribution in [0.25, 0.3) is 11.0 Å². The zero-order chi connectivity index (χ0) is 17.3. The van der Waals surface area contributed by atoms with Crippen molar-refractivity contribution >= 4 is 28.6 Å². The highest BCUT2D eigenvalue weighted by Crippen LogP contribution is 2.24. The summed E-state index contributed by atoms with van der Waals surface area (Å²) < 4.78 is 13.2. The number of aromatic nitrogens is 2. The zero-order valence-corrected chi connectivity index (χ0v) is 15.1. The van der Waals surface area contributed by atoms with Gasteiger partial charge in [-0.2, -0.15) is 0 Å². The number of halogens is 1. The highest BCUT2D eigenvalue weighted by Gasteiger charge is 2.24. The summed E-state index contributed by atoms with van der Waals surface area (Å²) in [7, 11) is 0. The van der Waals surface area contributed by atoms with Crippen LogP contribution in [-0.2, 0) is 21.9 Å². The van der Waals surface area contributed by atoms with Crippen molar-refractivity contribution in [2.75, 3.05) is 6.61 Å². The number of benzene rings is 1. The van der Waals surface area contributed by atoms with Gasteiger partial charge in [-0.25, -0.2) is 9.78 Å². The summed E-state index contributed by atoms with van der Waals surface area (Å²) in [5, 5.41) is 0. The van der Waals surface area contributed by atoms with Gasteiger partial charge in [-0.05, 0) is 44.9 Å². The Morgan fingerprint density at radius 3 is 2.83 bits per heavy atom. The number of ether oxygens (including phenoxy) is 2. The van der Waals surface area contributed by atoms with Crippen molar-refractivity contribution < 1.29 is 14.3 Å². The average Bonchev–Trinajstić information content (AvgIpc) is 2.87. The van der Waals surface area contributed by atoms with E-state index in [1.165, 1.54) is 0 Å². The van der Waals surface area contributed by atoms with Crippen molar-refractivity contribution in [2.45, 2.75) is 57.7 Å². The lowest BCUT2D eigenvalue weighted by Crippen LogP contribution is -2.31. The quantitative estimate of drug-likeness (QED) is 0.585. The highest BCUT2D eigenvalue weighted by molar-refractivity contribution is 6.16. The lowest BCUT2D eigenvalue weighted by Gasteiger charge is -2.27. The van der Waals surface area contributed by atoms with Crippen LogP contribution >= 0.6 is 11.6 Å². The second kappa shape index (κ2) is 6.73. The Balaban J connectivity index is 1.93. The van der Waals surface area contributed by atoms with Crippen molar-refractivity contribution in [2.24, 2.45) is 0 Å². The van der Waals surface area contributed by atoms with Gasteiger partial charge in [0, 0.05) is 6.61 Å². The largest absolute Gasteiger partial charge is 0.456 e. The Kier molecular flexibility index (Phi) is 4.83. The van der Waals surface area contributed by atoms with Gasteiger partial charge in [0.15, 0.2) is 0 Å². The summed E-state index contributed by atoms with van der Waals surface area (Å²) in [6, 6.07) is 5.44. The van der Waals surface area contributed by atoms with E-state index < -0.39 is 5.60 Å². The number of esters is 1. The number of alkyl halides is 1. The fraction of sp³-hybridized carbons (Fsp3) is 0.556. The van der Waals surface area contributed by atoms with E-state index in [-0.39, 0.29) is 12.1 Å². The Bertz CT molecular complexity index is 750. The summed E-state index contributed by atoms with van der Waals surface area (Å²) in [6.45, 7) is 7.33. The molecule has 1 aliphatic rings. The molecule has 3 rings (SSSR count). The topological polar surface area (TPSA) is 53.3 Å². The van der Waals surface area contributed by atoms with Crippen LogP contribution in [0.2, 0.25) is 0 Å². The fourth-order valence-corrected chi connectivity index (χ4v) is 2.82. The molecule has 1 aliphatic heterocycles. The molecule has 1 fully saturated rings. The van der Waals surface area contributed by atoms with Gasteiger partial charge in [0.05, 0.1) is 35.1 Å². The Morgan fingerprint density at radius 1 is 1.50 bits per heavy atom. The summed E-state index contributed by atoms with van der Waals surface area (Å²) in [5.74, 6) is 0.801. The SMILES string of the molecule is CCC(C)(C)OC(=O)c1ccc2nc(CCl)n(C[C@@H]3CCO3)c2c1. The number of hydrogen-bond acceptors (Lipinski definition) is 4. The number of nitrogens with zero attached hydrogens (tertiary/aromatic N) is 2. The number of hydrogen-bond donors (Lipinski definition) is 0. The molecule has 1 atom stereocenters. The predicted molar refractivity (Wildman–Crippen MR) is 93.4 cm³/mol. The Labute approximate surface area is 146 Å². The Hall–Kier alpha value is -1.59. The van der Waals surface area contributed by atoms with Crippen LogP contribution in [0.3, 0.4) is 0 Å². The van der Waals surface area contributed by atoms with Gasteiger partial charge in [-0.15, -0.1) is 11.6 Å². The first-order valence-corrected chi connectivity index (χ1v) is 8.87. The average molecular weight is 351 g/mol. The fourth-order valence-electron chi connectivity index (χ4n) is 2.62. The Morgan fingerprint density at radius 2 is 2.25 bits per heavy atom. The maximum atomic E-state index is 12.4. The van der Waals surface area contributed by atoms with E-state index in [0.717, 1.165) is 36.3 Å². The minimum Gasteiger partial charge on any atom is -0.456 e. The lowest BCUT2D eigenvalue weighted by atomic mass is 10.1. The molecule has 0 amide bonds. The first-order chi connectivity index (χ1) is 11.4. The molecule has 2 heterocycles. The molecule has 0 radical (unpaired) electrons. The van der Waals surface area contributed by atoms with E-state index in [0.29, 0.717) is 18.0 Å². The van der Waals surface area contributed by atoms with Gasteiger partial charge in [0.25, 0.3) is 0 Å². The van der Waals surface area contributed by atoms with Gasteiger partial charge in [0.2, 0.25) is 0 Å². The third kappa shape index (κ3) is 3.42. The third-order valence-electron chi connectivity index (χ3n) is 4.58. The molecular formula is C18H23ClN2O3. The molecule has 6 heteroatoms.